The van der Waals surface area contributed by atoms with Crippen LogP contribution < -0.4 is 4.90 Å². The van der Waals surface area contributed by atoms with Crippen LogP contribution in [0.5, 0.6) is 0 Å². The van der Waals surface area contributed by atoms with Gasteiger partial charge in [0.2, 0.25) is 0 Å². The van der Waals surface area contributed by atoms with Crippen molar-refractivity contribution in [2.45, 2.75) is 24.6 Å². The van der Waals surface area contributed by atoms with Gasteiger partial charge in [0, 0.05) is 29.9 Å². The van der Waals surface area contributed by atoms with Gasteiger partial charge in [-0.2, -0.15) is 13.2 Å². The normalized spacial score (nSPS) is 17.8. The van der Waals surface area contributed by atoms with Gasteiger partial charge in [0.25, 0.3) is 0 Å². The second-order valence-corrected chi connectivity index (χ2v) is 6.28. The summed E-state index contributed by atoms with van der Waals surface area (Å²) >= 11 is 6.15. The van der Waals surface area contributed by atoms with Crippen molar-refractivity contribution in [2.24, 2.45) is 0 Å². The van der Waals surface area contributed by atoms with E-state index in [0.29, 0.717) is 10.6 Å². The zero-order chi connectivity index (χ0) is 17.4. The number of piperidine rings is 1. The molecular formula is C17H16ClF3N2O. The predicted octanol–water partition coefficient (Wildman–Crippen LogP) is 4.24. The van der Waals surface area contributed by atoms with E-state index in [-0.39, 0.29) is 31.7 Å². The van der Waals surface area contributed by atoms with Crippen molar-refractivity contribution in [1.82, 2.24) is 4.98 Å². The SMILES string of the molecule is OC1(c2ccccc2Cl)CCN(c2ncccc2C(F)(F)F)CC1. The molecule has 0 radical (unpaired) electrons. The minimum Gasteiger partial charge on any atom is -0.385 e. The zero-order valence-corrected chi connectivity index (χ0v) is 13.5. The van der Waals surface area contributed by atoms with Crippen molar-refractivity contribution in [3.8, 4) is 0 Å². The van der Waals surface area contributed by atoms with Gasteiger partial charge in [0.05, 0.1) is 11.2 Å². The third kappa shape index (κ3) is 3.21. The quantitative estimate of drug-likeness (QED) is 0.874. The van der Waals surface area contributed by atoms with Crippen LogP contribution in [0.1, 0.15) is 24.0 Å². The average Bonchev–Trinajstić information content (AvgIpc) is 2.55. The second-order valence-electron chi connectivity index (χ2n) is 5.87. The second kappa shape index (κ2) is 6.26. The molecule has 1 aliphatic rings. The molecule has 0 unspecified atom stereocenters. The van der Waals surface area contributed by atoms with Gasteiger partial charge in [0.1, 0.15) is 5.82 Å². The number of pyridine rings is 1. The molecule has 0 spiro atoms. The van der Waals surface area contributed by atoms with E-state index in [0.717, 1.165) is 6.07 Å². The van der Waals surface area contributed by atoms with Crippen molar-refractivity contribution in [3.05, 3.63) is 58.7 Å². The molecule has 0 saturated carbocycles. The summed E-state index contributed by atoms with van der Waals surface area (Å²) in [6.07, 6.45) is -2.55. The van der Waals surface area contributed by atoms with E-state index in [1.165, 1.54) is 12.3 Å². The number of benzene rings is 1. The Morgan fingerprint density at radius 2 is 1.75 bits per heavy atom. The van der Waals surface area contributed by atoms with E-state index in [4.69, 9.17) is 11.6 Å². The molecule has 128 valence electrons. The van der Waals surface area contributed by atoms with Gasteiger partial charge < -0.3 is 10.0 Å². The highest BCUT2D eigenvalue weighted by Gasteiger charge is 2.39. The van der Waals surface area contributed by atoms with Crippen molar-refractivity contribution in [3.63, 3.8) is 0 Å². The molecule has 2 aromatic rings. The van der Waals surface area contributed by atoms with Crippen LogP contribution in [0.2, 0.25) is 5.02 Å². The molecule has 1 N–H and O–H groups in total. The zero-order valence-electron chi connectivity index (χ0n) is 12.7. The molecule has 0 atom stereocenters. The maximum absolute atomic E-state index is 13.1. The molecule has 1 saturated heterocycles. The van der Waals surface area contributed by atoms with Crippen LogP contribution in [0.25, 0.3) is 0 Å². The molecule has 1 aromatic heterocycles. The molecule has 24 heavy (non-hydrogen) atoms. The monoisotopic (exact) mass is 356 g/mol. The maximum Gasteiger partial charge on any atom is 0.419 e. The lowest BCUT2D eigenvalue weighted by Crippen LogP contribution is -2.43. The van der Waals surface area contributed by atoms with Crippen LogP contribution in [0.3, 0.4) is 0 Å². The van der Waals surface area contributed by atoms with Crippen LogP contribution in [0, 0.1) is 0 Å². The molecule has 1 fully saturated rings. The fourth-order valence-electron chi connectivity index (χ4n) is 3.07. The number of aromatic nitrogens is 1. The van der Waals surface area contributed by atoms with Crippen LogP contribution >= 0.6 is 11.6 Å². The number of hydrogen-bond donors (Lipinski definition) is 1. The lowest BCUT2D eigenvalue weighted by atomic mass is 9.84. The Balaban J connectivity index is 1.83. The molecule has 3 rings (SSSR count). The molecule has 0 aliphatic carbocycles. The smallest absolute Gasteiger partial charge is 0.385 e. The Hall–Kier alpha value is -1.79. The van der Waals surface area contributed by atoms with Crippen molar-refractivity contribution in [1.29, 1.82) is 0 Å². The fourth-order valence-corrected chi connectivity index (χ4v) is 3.38. The average molecular weight is 357 g/mol. The molecule has 1 aliphatic heterocycles. The van der Waals surface area contributed by atoms with Gasteiger partial charge in [-0.15, -0.1) is 0 Å². The van der Waals surface area contributed by atoms with Crippen molar-refractivity contribution in [2.75, 3.05) is 18.0 Å². The summed E-state index contributed by atoms with van der Waals surface area (Å²) in [5, 5.41) is 11.3. The van der Waals surface area contributed by atoms with Crippen molar-refractivity contribution >= 4 is 17.4 Å². The predicted molar refractivity (Wildman–Crippen MR) is 86.0 cm³/mol. The summed E-state index contributed by atoms with van der Waals surface area (Å²) in [6, 6.07) is 9.30. The summed E-state index contributed by atoms with van der Waals surface area (Å²) in [4.78, 5) is 5.47. The highest BCUT2D eigenvalue weighted by Crippen LogP contribution is 2.40. The number of alkyl halides is 3. The van der Waals surface area contributed by atoms with Crippen LogP contribution in [-0.4, -0.2) is 23.2 Å². The first-order chi connectivity index (χ1) is 11.3. The molecule has 0 bridgehead atoms. The Morgan fingerprint density at radius 1 is 1.08 bits per heavy atom. The third-order valence-corrected chi connectivity index (χ3v) is 4.69. The maximum atomic E-state index is 13.1. The van der Waals surface area contributed by atoms with Crippen molar-refractivity contribution < 1.29 is 18.3 Å². The van der Waals surface area contributed by atoms with Gasteiger partial charge in [-0.1, -0.05) is 29.8 Å². The minimum atomic E-state index is -4.46. The van der Waals surface area contributed by atoms with Gasteiger partial charge in [0.15, 0.2) is 0 Å². The van der Waals surface area contributed by atoms with E-state index in [2.05, 4.69) is 4.98 Å². The largest absolute Gasteiger partial charge is 0.419 e. The van der Waals surface area contributed by atoms with Gasteiger partial charge in [-0.3, -0.25) is 0 Å². The Labute approximate surface area is 142 Å². The molecular weight excluding hydrogens is 341 g/mol. The molecule has 7 heteroatoms. The molecule has 2 heterocycles. The van der Waals surface area contributed by atoms with Crippen LogP contribution in [0.15, 0.2) is 42.6 Å². The van der Waals surface area contributed by atoms with Crippen LogP contribution in [0.4, 0.5) is 19.0 Å². The van der Waals surface area contributed by atoms with E-state index in [1.807, 2.05) is 0 Å². The number of nitrogens with zero attached hydrogens (tertiary/aromatic N) is 2. The summed E-state index contributed by atoms with van der Waals surface area (Å²) < 4.78 is 39.4. The Bertz CT molecular complexity index is 728. The van der Waals surface area contributed by atoms with Gasteiger partial charge in [-0.25, -0.2) is 4.98 Å². The topological polar surface area (TPSA) is 36.4 Å². The number of halogens is 4. The molecule has 0 amide bonds. The van der Waals surface area contributed by atoms with E-state index in [1.54, 1.807) is 29.2 Å². The van der Waals surface area contributed by atoms with Crippen LogP contribution in [-0.2, 0) is 11.8 Å². The number of anilines is 1. The first-order valence-electron chi connectivity index (χ1n) is 7.56. The van der Waals surface area contributed by atoms with E-state index < -0.39 is 17.3 Å². The highest BCUT2D eigenvalue weighted by atomic mass is 35.5. The minimum absolute atomic E-state index is 0.0915. The summed E-state index contributed by atoms with van der Waals surface area (Å²) in [5.74, 6) is -0.0915. The summed E-state index contributed by atoms with van der Waals surface area (Å²) in [6.45, 7) is 0.531. The number of rotatable bonds is 2. The number of hydrogen-bond acceptors (Lipinski definition) is 3. The number of aliphatic hydroxyl groups is 1. The van der Waals surface area contributed by atoms with E-state index in [9.17, 15) is 18.3 Å². The highest BCUT2D eigenvalue weighted by molar-refractivity contribution is 6.31. The lowest BCUT2D eigenvalue weighted by Gasteiger charge is -2.40. The fraction of sp³-hybridized carbons (Fsp3) is 0.353. The lowest BCUT2D eigenvalue weighted by molar-refractivity contribution is -0.137. The Kier molecular flexibility index (Phi) is 4.44. The molecule has 1 aromatic carbocycles. The summed E-state index contributed by atoms with van der Waals surface area (Å²) in [5.41, 5.74) is -1.28. The van der Waals surface area contributed by atoms with Gasteiger partial charge >= 0.3 is 6.18 Å². The molecule has 3 nitrogen and oxygen atoms in total. The summed E-state index contributed by atoms with van der Waals surface area (Å²) in [7, 11) is 0. The van der Waals surface area contributed by atoms with E-state index >= 15 is 0 Å². The standard InChI is InChI=1S/C17H16ClF3N2O/c18-14-6-2-1-4-12(14)16(24)7-10-23(11-8-16)15-13(17(19,20)21)5-3-9-22-15/h1-6,9,24H,7-8,10-11H2. The van der Waals surface area contributed by atoms with Gasteiger partial charge in [-0.05, 0) is 31.0 Å². The third-order valence-electron chi connectivity index (χ3n) is 4.36. The Morgan fingerprint density at radius 3 is 2.38 bits per heavy atom. The first-order valence-corrected chi connectivity index (χ1v) is 7.94. The first kappa shape index (κ1) is 17.0.